The maximum absolute atomic E-state index is 13.3. The van der Waals surface area contributed by atoms with Crippen LogP contribution in [0.25, 0.3) is 10.8 Å². The Kier molecular flexibility index (Phi) is 5.82. The molecule has 2 nitrogen and oxygen atoms in total. The van der Waals surface area contributed by atoms with E-state index in [9.17, 15) is 9.18 Å². The summed E-state index contributed by atoms with van der Waals surface area (Å²) in [6.45, 7) is 2.98. The Morgan fingerprint density at radius 1 is 0.893 bits per heavy atom. The first-order valence-corrected chi connectivity index (χ1v) is 10.1. The molecule has 1 saturated heterocycles. The third-order valence-electron chi connectivity index (χ3n) is 5.74. The number of rotatable bonds is 6. The van der Waals surface area contributed by atoms with E-state index in [0.29, 0.717) is 24.5 Å². The topological polar surface area (TPSA) is 20.3 Å². The summed E-state index contributed by atoms with van der Waals surface area (Å²) in [6, 6.07) is 21.2. The molecule has 3 aromatic carbocycles. The molecule has 0 amide bonds. The van der Waals surface area contributed by atoms with Crippen LogP contribution in [-0.2, 0) is 17.8 Å². The Bertz CT molecular complexity index is 945. The van der Waals surface area contributed by atoms with Gasteiger partial charge >= 0.3 is 0 Å². The highest BCUT2D eigenvalue weighted by molar-refractivity contribution is 5.83. The van der Waals surface area contributed by atoms with Gasteiger partial charge in [-0.2, -0.15) is 0 Å². The summed E-state index contributed by atoms with van der Waals surface area (Å²) in [5.74, 6) is 0.669. The number of hydrogen-bond acceptors (Lipinski definition) is 2. The molecule has 1 fully saturated rings. The van der Waals surface area contributed by atoms with Crippen molar-refractivity contribution in [3.05, 3.63) is 83.7 Å². The van der Waals surface area contributed by atoms with Gasteiger partial charge in [-0.25, -0.2) is 4.39 Å². The molecule has 4 rings (SSSR count). The minimum Gasteiger partial charge on any atom is -0.299 e. The van der Waals surface area contributed by atoms with Crippen molar-refractivity contribution in [3.8, 4) is 0 Å². The lowest BCUT2D eigenvalue weighted by atomic mass is 9.90. The third-order valence-corrected chi connectivity index (χ3v) is 5.74. The van der Waals surface area contributed by atoms with Crippen LogP contribution >= 0.6 is 0 Å². The maximum Gasteiger partial charge on any atom is 0.137 e. The summed E-state index contributed by atoms with van der Waals surface area (Å²) < 4.78 is 13.3. The summed E-state index contributed by atoms with van der Waals surface area (Å²) in [5, 5.41) is 2.03. The molecule has 1 aliphatic heterocycles. The van der Waals surface area contributed by atoms with Crippen molar-refractivity contribution in [1.82, 2.24) is 4.90 Å². The number of nitrogens with zero attached hydrogens (tertiary/aromatic N) is 1. The molecule has 0 unspecified atom stereocenters. The van der Waals surface area contributed by atoms with Gasteiger partial charge in [0, 0.05) is 19.4 Å². The average molecular weight is 375 g/mol. The Hall–Kier alpha value is -2.52. The van der Waals surface area contributed by atoms with Crippen molar-refractivity contribution in [2.45, 2.75) is 32.2 Å². The first-order chi connectivity index (χ1) is 13.7. The summed E-state index contributed by atoms with van der Waals surface area (Å²) in [5.41, 5.74) is 2.37. The lowest BCUT2D eigenvalue weighted by Gasteiger charge is -2.31. The van der Waals surface area contributed by atoms with Crippen LogP contribution in [0.3, 0.4) is 0 Å². The van der Waals surface area contributed by atoms with Crippen LogP contribution in [0.5, 0.6) is 0 Å². The zero-order valence-corrected chi connectivity index (χ0v) is 16.1. The van der Waals surface area contributed by atoms with Crippen LogP contribution in [0.4, 0.5) is 4.39 Å². The fourth-order valence-electron chi connectivity index (χ4n) is 4.19. The standard InChI is InChI=1S/C25H26FNO/c26-24-9-8-22-14-21(6-7-23(22)17-24)18-27-12-10-20(11-13-27)16-25(28)15-19-4-2-1-3-5-19/h1-9,14,17,20H,10-13,15-16,18H2. The molecule has 0 aromatic heterocycles. The molecule has 0 bridgehead atoms. The van der Waals surface area contributed by atoms with Crippen molar-refractivity contribution >= 4 is 16.6 Å². The number of ketones is 1. The van der Waals surface area contributed by atoms with Crippen LogP contribution in [0, 0.1) is 11.7 Å². The monoisotopic (exact) mass is 375 g/mol. The number of Topliss-reactive ketones (excluding diaryl/α,β-unsaturated/α-hetero) is 1. The number of carbonyl (C=O) groups is 1. The molecule has 3 aromatic rings. The van der Waals surface area contributed by atoms with E-state index in [2.05, 4.69) is 17.0 Å². The number of piperidine rings is 1. The summed E-state index contributed by atoms with van der Waals surface area (Å²) in [7, 11) is 0. The van der Waals surface area contributed by atoms with Crippen molar-refractivity contribution in [3.63, 3.8) is 0 Å². The van der Waals surface area contributed by atoms with Gasteiger partial charge in [0.05, 0.1) is 0 Å². The van der Waals surface area contributed by atoms with Gasteiger partial charge in [0.25, 0.3) is 0 Å². The van der Waals surface area contributed by atoms with E-state index in [1.165, 1.54) is 11.6 Å². The second-order valence-corrected chi connectivity index (χ2v) is 7.95. The van der Waals surface area contributed by atoms with Gasteiger partial charge in [0.2, 0.25) is 0 Å². The van der Waals surface area contributed by atoms with E-state index in [1.54, 1.807) is 6.07 Å². The largest absolute Gasteiger partial charge is 0.299 e. The van der Waals surface area contributed by atoms with E-state index in [0.717, 1.165) is 48.8 Å². The summed E-state index contributed by atoms with van der Waals surface area (Å²) in [4.78, 5) is 14.8. The van der Waals surface area contributed by atoms with E-state index in [1.807, 2.05) is 42.5 Å². The van der Waals surface area contributed by atoms with Crippen LogP contribution in [0.15, 0.2) is 66.7 Å². The fourth-order valence-corrected chi connectivity index (χ4v) is 4.19. The number of hydrogen-bond donors (Lipinski definition) is 0. The highest BCUT2D eigenvalue weighted by atomic mass is 19.1. The average Bonchev–Trinajstić information content (AvgIpc) is 2.70. The quantitative estimate of drug-likeness (QED) is 0.575. The van der Waals surface area contributed by atoms with Crippen LogP contribution < -0.4 is 0 Å². The van der Waals surface area contributed by atoms with E-state index in [-0.39, 0.29) is 5.82 Å². The number of benzene rings is 3. The number of carbonyl (C=O) groups excluding carboxylic acids is 1. The van der Waals surface area contributed by atoms with Crippen molar-refractivity contribution < 1.29 is 9.18 Å². The molecular formula is C25H26FNO. The summed E-state index contributed by atoms with van der Waals surface area (Å²) >= 11 is 0. The van der Waals surface area contributed by atoms with E-state index in [4.69, 9.17) is 0 Å². The zero-order valence-electron chi connectivity index (χ0n) is 16.1. The lowest BCUT2D eigenvalue weighted by molar-refractivity contribution is -0.119. The van der Waals surface area contributed by atoms with E-state index >= 15 is 0 Å². The van der Waals surface area contributed by atoms with Gasteiger partial charge in [0.15, 0.2) is 0 Å². The molecule has 0 aliphatic carbocycles. The number of halogens is 1. The predicted octanol–water partition coefficient (Wildman–Crippen LogP) is 5.39. The Balaban J connectivity index is 1.27. The first-order valence-electron chi connectivity index (χ1n) is 10.1. The molecule has 0 N–H and O–H groups in total. The van der Waals surface area contributed by atoms with Crippen molar-refractivity contribution in [2.24, 2.45) is 5.92 Å². The zero-order chi connectivity index (χ0) is 19.3. The van der Waals surface area contributed by atoms with Gasteiger partial charge in [0.1, 0.15) is 11.6 Å². The molecule has 0 atom stereocenters. The molecule has 28 heavy (non-hydrogen) atoms. The Morgan fingerprint density at radius 2 is 1.61 bits per heavy atom. The van der Waals surface area contributed by atoms with E-state index < -0.39 is 0 Å². The van der Waals surface area contributed by atoms with Crippen LogP contribution in [0.2, 0.25) is 0 Å². The molecular weight excluding hydrogens is 349 g/mol. The van der Waals surface area contributed by atoms with Crippen molar-refractivity contribution in [1.29, 1.82) is 0 Å². The van der Waals surface area contributed by atoms with Gasteiger partial charge in [-0.1, -0.05) is 48.5 Å². The van der Waals surface area contributed by atoms with Gasteiger partial charge in [-0.05, 0) is 71.9 Å². The normalized spacial score (nSPS) is 15.8. The number of likely N-dealkylation sites (tertiary alicyclic amines) is 1. The maximum atomic E-state index is 13.3. The lowest BCUT2D eigenvalue weighted by Crippen LogP contribution is -2.34. The van der Waals surface area contributed by atoms with Crippen LogP contribution in [0.1, 0.15) is 30.4 Å². The van der Waals surface area contributed by atoms with Gasteiger partial charge < -0.3 is 0 Å². The molecule has 144 valence electrons. The summed E-state index contributed by atoms with van der Waals surface area (Å²) in [6.07, 6.45) is 3.42. The smallest absolute Gasteiger partial charge is 0.137 e. The van der Waals surface area contributed by atoms with Crippen molar-refractivity contribution in [2.75, 3.05) is 13.1 Å². The molecule has 0 saturated carbocycles. The molecule has 0 radical (unpaired) electrons. The SMILES string of the molecule is O=C(Cc1ccccc1)CC1CCN(Cc2ccc3cc(F)ccc3c2)CC1. The molecule has 3 heteroatoms. The minimum absolute atomic E-state index is 0.191. The Morgan fingerprint density at radius 3 is 2.39 bits per heavy atom. The Labute approximate surface area is 166 Å². The highest BCUT2D eigenvalue weighted by Gasteiger charge is 2.21. The van der Waals surface area contributed by atoms with Crippen LogP contribution in [-0.4, -0.2) is 23.8 Å². The van der Waals surface area contributed by atoms with Gasteiger partial charge in [-0.3, -0.25) is 9.69 Å². The minimum atomic E-state index is -0.191. The van der Waals surface area contributed by atoms with Gasteiger partial charge in [-0.15, -0.1) is 0 Å². The highest BCUT2D eigenvalue weighted by Crippen LogP contribution is 2.24. The second kappa shape index (κ2) is 8.66. The number of fused-ring (bicyclic) bond motifs is 1. The third kappa shape index (κ3) is 4.85. The fraction of sp³-hybridized carbons (Fsp3) is 0.320. The molecule has 1 aliphatic rings. The second-order valence-electron chi connectivity index (χ2n) is 7.95. The molecule has 1 heterocycles. The first kappa shape index (κ1) is 18.8. The predicted molar refractivity (Wildman–Crippen MR) is 112 cm³/mol. The molecule has 0 spiro atoms.